The fourth-order valence-corrected chi connectivity index (χ4v) is 9.50. The number of rotatable bonds is 6. The summed E-state index contributed by atoms with van der Waals surface area (Å²) in [6.07, 6.45) is 12.4. The van der Waals surface area contributed by atoms with Crippen molar-refractivity contribution in [2.45, 2.75) is 112 Å². The zero-order chi connectivity index (χ0) is 22.6. The molecule has 0 bridgehead atoms. The quantitative estimate of drug-likeness (QED) is 0.439. The van der Waals surface area contributed by atoms with Gasteiger partial charge < -0.3 is 0 Å². The molecule has 4 aliphatic carbocycles. The zero-order valence-corrected chi connectivity index (χ0v) is 21.2. The Bertz CT molecular complexity index is 695. The van der Waals surface area contributed by atoms with Crippen LogP contribution in [0, 0.1) is 58.2 Å². The van der Waals surface area contributed by atoms with Crippen LogP contribution in [0.25, 0.3) is 0 Å². The van der Waals surface area contributed by atoms with Gasteiger partial charge in [-0.05, 0) is 90.8 Å². The minimum absolute atomic E-state index is 0.0255. The summed E-state index contributed by atoms with van der Waals surface area (Å²) in [7, 11) is 0. The lowest BCUT2D eigenvalue weighted by Crippen LogP contribution is -2.56. The summed E-state index contributed by atoms with van der Waals surface area (Å²) in [6.45, 7) is 14.7. The molecule has 0 saturated heterocycles. The van der Waals surface area contributed by atoms with Crippen molar-refractivity contribution < 1.29 is 9.59 Å². The molecule has 4 saturated carbocycles. The smallest absolute Gasteiger partial charge is 0.137 e. The molecule has 0 aromatic rings. The van der Waals surface area contributed by atoms with Crippen molar-refractivity contribution in [1.29, 1.82) is 0 Å². The molecule has 0 heterocycles. The predicted octanol–water partition coefficient (Wildman–Crippen LogP) is 7.49. The van der Waals surface area contributed by atoms with Gasteiger partial charge in [-0.3, -0.25) is 9.59 Å². The topological polar surface area (TPSA) is 34.1 Å². The number of hydrogen-bond acceptors (Lipinski definition) is 2. The minimum atomic E-state index is 0.0255. The molecule has 0 N–H and O–H groups in total. The molecule has 4 aliphatic rings. The molecule has 2 nitrogen and oxygen atoms in total. The highest BCUT2D eigenvalue weighted by molar-refractivity contribution is 5.90. The molecule has 0 aromatic heterocycles. The van der Waals surface area contributed by atoms with Crippen molar-refractivity contribution in [3.8, 4) is 0 Å². The maximum absolute atomic E-state index is 13.3. The highest BCUT2D eigenvalue weighted by Gasteiger charge is 2.62. The first-order valence-electron chi connectivity index (χ1n) is 13.7. The van der Waals surface area contributed by atoms with Gasteiger partial charge in [0.25, 0.3) is 0 Å². The van der Waals surface area contributed by atoms with Crippen LogP contribution in [0.4, 0.5) is 0 Å². The van der Waals surface area contributed by atoms with Gasteiger partial charge in [0, 0.05) is 25.2 Å². The van der Waals surface area contributed by atoms with E-state index < -0.39 is 0 Å². The Labute approximate surface area is 191 Å². The normalized spacial score (nSPS) is 44.5. The number of fused-ring (bicyclic) bond motifs is 5. The largest absolute Gasteiger partial charge is 0.300 e. The van der Waals surface area contributed by atoms with Gasteiger partial charge in [0.1, 0.15) is 11.6 Å². The lowest BCUT2D eigenvalue weighted by Gasteiger charge is -2.59. The van der Waals surface area contributed by atoms with Gasteiger partial charge in [-0.1, -0.05) is 54.4 Å². The molecule has 31 heavy (non-hydrogen) atoms. The molecular formula is C29H48O2. The van der Waals surface area contributed by atoms with Crippen molar-refractivity contribution in [2.75, 3.05) is 0 Å². The Hall–Kier alpha value is -0.660. The van der Waals surface area contributed by atoms with Crippen molar-refractivity contribution in [1.82, 2.24) is 0 Å². The first kappa shape index (κ1) is 23.5. The van der Waals surface area contributed by atoms with Crippen LogP contribution in [0.15, 0.2) is 0 Å². The van der Waals surface area contributed by atoms with Crippen molar-refractivity contribution >= 4 is 11.6 Å². The van der Waals surface area contributed by atoms with Crippen molar-refractivity contribution in [3.63, 3.8) is 0 Å². The molecule has 0 aromatic carbocycles. The Kier molecular flexibility index (Phi) is 6.52. The number of carbonyl (C=O) groups excluding carboxylic acids is 2. The van der Waals surface area contributed by atoms with Crippen molar-refractivity contribution in [3.05, 3.63) is 0 Å². The zero-order valence-electron chi connectivity index (χ0n) is 21.2. The summed E-state index contributed by atoms with van der Waals surface area (Å²) in [6, 6.07) is 0. The third-order valence-corrected chi connectivity index (χ3v) is 11.5. The first-order valence-corrected chi connectivity index (χ1v) is 13.7. The Morgan fingerprint density at radius 1 is 0.903 bits per heavy atom. The molecule has 176 valence electrons. The van der Waals surface area contributed by atoms with Gasteiger partial charge in [0.2, 0.25) is 0 Å². The van der Waals surface area contributed by atoms with E-state index in [0.29, 0.717) is 41.7 Å². The standard InChI is InChI=1S/C29H48O2/c1-7-20(18(2)3)9-8-19(4)23-10-11-24-22-17-27(31)26-16-21(30)12-14-29(26,6)25(22)13-15-28(23,24)5/h18-20,22-26H,7-17H2,1-6H3/t19-,20-,22?,23?,24?,25?,26-,28?,29?/m1/s1. The Morgan fingerprint density at radius 3 is 2.29 bits per heavy atom. The van der Waals surface area contributed by atoms with Gasteiger partial charge in [-0.2, -0.15) is 0 Å². The maximum atomic E-state index is 13.3. The number of carbonyl (C=O) groups is 2. The lowest BCUT2D eigenvalue weighted by atomic mass is 9.44. The number of Topliss-reactive ketones (excluding diaryl/α,β-unsaturated/α-hetero) is 2. The van der Waals surface area contributed by atoms with E-state index in [1.165, 1.54) is 44.9 Å². The van der Waals surface area contributed by atoms with Gasteiger partial charge in [0.15, 0.2) is 0 Å². The monoisotopic (exact) mass is 428 g/mol. The average Bonchev–Trinajstić information content (AvgIpc) is 3.07. The molecule has 0 amide bonds. The van der Waals surface area contributed by atoms with Crippen LogP contribution in [0.1, 0.15) is 112 Å². The van der Waals surface area contributed by atoms with E-state index in [4.69, 9.17) is 0 Å². The summed E-state index contributed by atoms with van der Waals surface area (Å²) >= 11 is 0. The van der Waals surface area contributed by atoms with E-state index in [1.54, 1.807) is 0 Å². The first-order chi connectivity index (χ1) is 14.6. The predicted molar refractivity (Wildman–Crippen MR) is 128 cm³/mol. The highest BCUT2D eigenvalue weighted by Crippen LogP contribution is 2.67. The molecule has 4 fully saturated rings. The molecule has 6 unspecified atom stereocenters. The van der Waals surface area contributed by atoms with Crippen LogP contribution >= 0.6 is 0 Å². The lowest BCUT2D eigenvalue weighted by molar-refractivity contribution is -0.159. The van der Waals surface area contributed by atoms with E-state index in [-0.39, 0.29) is 11.3 Å². The molecule has 0 aliphatic heterocycles. The molecular weight excluding hydrogens is 380 g/mol. The molecule has 0 spiro atoms. The van der Waals surface area contributed by atoms with Gasteiger partial charge in [-0.25, -0.2) is 0 Å². The summed E-state index contributed by atoms with van der Waals surface area (Å²) in [5, 5.41) is 0. The third kappa shape index (κ3) is 3.86. The molecule has 0 radical (unpaired) electrons. The van der Waals surface area contributed by atoms with Gasteiger partial charge in [-0.15, -0.1) is 0 Å². The summed E-state index contributed by atoms with van der Waals surface area (Å²) in [5.41, 5.74) is 0.513. The van der Waals surface area contributed by atoms with E-state index >= 15 is 0 Å². The number of ketones is 2. The van der Waals surface area contributed by atoms with E-state index in [1.807, 2.05) is 0 Å². The van der Waals surface area contributed by atoms with E-state index in [2.05, 4.69) is 41.5 Å². The Morgan fingerprint density at radius 2 is 1.61 bits per heavy atom. The fourth-order valence-electron chi connectivity index (χ4n) is 9.50. The third-order valence-electron chi connectivity index (χ3n) is 11.5. The second kappa shape index (κ2) is 8.60. The fraction of sp³-hybridized carbons (Fsp3) is 0.931. The van der Waals surface area contributed by atoms with Crippen LogP contribution in [0.3, 0.4) is 0 Å². The minimum Gasteiger partial charge on any atom is -0.300 e. The summed E-state index contributed by atoms with van der Waals surface area (Å²) in [5.74, 6) is 6.05. The van der Waals surface area contributed by atoms with Crippen LogP contribution in [-0.2, 0) is 9.59 Å². The van der Waals surface area contributed by atoms with Gasteiger partial charge >= 0.3 is 0 Å². The summed E-state index contributed by atoms with van der Waals surface area (Å²) < 4.78 is 0. The van der Waals surface area contributed by atoms with E-state index in [9.17, 15) is 9.59 Å². The number of hydrogen-bond donors (Lipinski definition) is 0. The average molecular weight is 429 g/mol. The van der Waals surface area contributed by atoms with E-state index in [0.717, 1.165) is 42.4 Å². The second-order valence-corrected chi connectivity index (χ2v) is 13.0. The maximum Gasteiger partial charge on any atom is 0.137 e. The van der Waals surface area contributed by atoms with Crippen LogP contribution in [0.5, 0.6) is 0 Å². The van der Waals surface area contributed by atoms with Crippen LogP contribution in [-0.4, -0.2) is 11.6 Å². The molecule has 9 atom stereocenters. The van der Waals surface area contributed by atoms with Gasteiger partial charge in [0.05, 0.1) is 0 Å². The molecule has 2 heteroatoms. The SMILES string of the molecule is CC[C@H](CC[C@@H](C)C1CCC2C3CC(=O)[C@H]4CC(=O)CCC4(C)C3CCC21C)C(C)C. The van der Waals surface area contributed by atoms with Crippen LogP contribution in [0.2, 0.25) is 0 Å². The van der Waals surface area contributed by atoms with Crippen LogP contribution < -0.4 is 0 Å². The molecule has 4 rings (SSSR count). The second-order valence-electron chi connectivity index (χ2n) is 13.0. The summed E-state index contributed by atoms with van der Waals surface area (Å²) in [4.78, 5) is 25.4. The highest BCUT2D eigenvalue weighted by atomic mass is 16.1. The van der Waals surface area contributed by atoms with Crippen molar-refractivity contribution in [2.24, 2.45) is 58.2 Å². The Balaban J connectivity index is 1.49.